The highest BCUT2D eigenvalue weighted by Gasteiger charge is 2.17. The number of aromatic nitrogens is 4. The van der Waals surface area contributed by atoms with Crippen LogP contribution in [0.5, 0.6) is 0 Å². The van der Waals surface area contributed by atoms with Crippen LogP contribution < -0.4 is 5.32 Å². The number of thioether (sulfide) groups is 1. The standard InChI is InChI=1S/C20H19N5O2S3/c26-16(23-19-22-13-6-2-4-8-15(13)30-19)11-28-20-25-24-17(27-20)9-10-18-21-12-5-1-3-7-14(12)29-18/h1,3,5,7H,2,4,6,8-11H2,(H,22,23,26). The Morgan fingerprint density at radius 2 is 2.00 bits per heavy atom. The van der Waals surface area contributed by atoms with Gasteiger partial charge in [0.15, 0.2) is 5.13 Å². The van der Waals surface area contributed by atoms with Crippen molar-refractivity contribution in [3.05, 3.63) is 45.7 Å². The lowest BCUT2D eigenvalue weighted by molar-refractivity contribution is -0.113. The number of carbonyl (C=O) groups excluding carboxylic acids is 1. The summed E-state index contributed by atoms with van der Waals surface area (Å²) in [4.78, 5) is 22.7. The quantitative estimate of drug-likeness (QED) is 0.407. The first-order valence-electron chi connectivity index (χ1n) is 9.81. The number of benzene rings is 1. The summed E-state index contributed by atoms with van der Waals surface area (Å²) < 4.78 is 6.85. The Labute approximate surface area is 185 Å². The molecule has 1 aromatic carbocycles. The average molecular weight is 458 g/mol. The number of hydrogen-bond donors (Lipinski definition) is 1. The summed E-state index contributed by atoms with van der Waals surface area (Å²) in [6.45, 7) is 0. The first-order chi connectivity index (χ1) is 14.7. The fourth-order valence-electron chi connectivity index (χ4n) is 3.33. The second-order valence-corrected chi connectivity index (χ2v) is 10.1. The molecule has 0 saturated heterocycles. The van der Waals surface area contributed by atoms with Crippen molar-refractivity contribution < 1.29 is 9.21 Å². The minimum absolute atomic E-state index is 0.111. The smallest absolute Gasteiger partial charge is 0.277 e. The summed E-state index contributed by atoms with van der Waals surface area (Å²) in [7, 11) is 0. The molecule has 1 amide bonds. The zero-order valence-electron chi connectivity index (χ0n) is 16.1. The van der Waals surface area contributed by atoms with Crippen molar-refractivity contribution in [1.82, 2.24) is 20.2 Å². The summed E-state index contributed by atoms with van der Waals surface area (Å²) in [5, 5.41) is 13.2. The lowest BCUT2D eigenvalue weighted by atomic mass is 10.0. The third-order valence-corrected chi connectivity index (χ3v) is 7.75. The predicted octanol–water partition coefficient (Wildman–Crippen LogP) is 4.53. The molecule has 1 N–H and O–H groups in total. The summed E-state index contributed by atoms with van der Waals surface area (Å²) in [6, 6.07) is 8.10. The summed E-state index contributed by atoms with van der Waals surface area (Å²) in [5.74, 6) is 0.661. The van der Waals surface area contributed by atoms with Crippen LogP contribution in [0.4, 0.5) is 5.13 Å². The van der Waals surface area contributed by atoms with E-state index in [0.29, 0.717) is 22.7 Å². The molecule has 3 aromatic heterocycles. The SMILES string of the molecule is O=C(CSc1nnc(CCc2nc3ccccc3s2)o1)Nc1nc2c(s1)CCCC2. The van der Waals surface area contributed by atoms with Crippen molar-refractivity contribution in [3.63, 3.8) is 0 Å². The number of rotatable bonds is 7. The van der Waals surface area contributed by atoms with Gasteiger partial charge in [-0.1, -0.05) is 23.9 Å². The maximum absolute atomic E-state index is 12.2. The Morgan fingerprint density at radius 3 is 2.90 bits per heavy atom. The number of nitrogens with zero attached hydrogens (tertiary/aromatic N) is 4. The molecule has 4 aromatic rings. The second kappa shape index (κ2) is 8.83. The van der Waals surface area contributed by atoms with E-state index in [9.17, 15) is 4.79 Å². The molecule has 3 heterocycles. The first kappa shape index (κ1) is 19.7. The zero-order valence-corrected chi connectivity index (χ0v) is 18.5. The van der Waals surface area contributed by atoms with Gasteiger partial charge in [0.2, 0.25) is 11.8 Å². The molecule has 1 aliphatic rings. The van der Waals surface area contributed by atoms with E-state index in [4.69, 9.17) is 4.42 Å². The molecule has 10 heteroatoms. The van der Waals surface area contributed by atoms with Gasteiger partial charge >= 0.3 is 0 Å². The van der Waals surface area contributed by atoms with Gasteiger partial charge in [-0.05, 0) is 37.8 Å². The number of fused-ring (bicyclic) bond motifs is 2. The van der Waals surface area contributed by atoms with E-state index < -0.39 is 0 Å². The highest BCUT2D eigenvalue weighted by molar-refractivity contribution is 7.99. The van der Waals surface area contributed by atoms with Crippen LogP contribution in [0.25, 0.3) is 10.2 Å². The van der Waals surface area contributed by atoms with Gasteiger partial charge in [0.25, 0.3) is 5.22 Å². The van der Waals surface area contributed by atoms with Crippen LogP contribution >= 0.6 is 34.4 Å². The average Bonchev–Trinajstić information content (AvgIpc) is 3.47. The number of aryl methyl sites for hydroxylation is 4. The third kappa shape index (κ3) is 4.55. The van der Waals surface area contributed by atoms with Crippen LogP contribution in [-0.2, 0) is 30.5 Å². The van der Waals surface area contributed by atoms with Gasteiger partial charge in [0.05, 0.1) is 26.7 Å². The van der Waals surface area contributed by atoms with Gasteiger partial charge < -0.3 is 9.73 Å². The Bertz CT molecular complexity index is 1130. The highest BCUT2D eigenvalue weighted by atomic mass is 32.2. The number of amides is 1. The van der Waals surface area contributed by atoms with Crippen LogP contribution in [0.15, 0.2) is 33.9 Å². The fourth-order valence-corrected chi connectivity index (χ4v) is 5.94. The Hall–Kier alpha value is -2.30. The lowest BCUT2D eigenvalue weighted by Crippen LogP contribution is -2.13. The molecule has 0 unspecified atom stereocenters. The van der Waals surface area contributed by atoms with Crippen molar-refractivity contribution in [2.75, 3.05) is 11.1 Å². The van der Waals surface area contributed by atoms with E-state index in [1.165, 1.54) is 34.2 Å². The van der Waals surface area contributed by atoms with Gasteiger partial charge in [-0.2, -0.15) is 0 Å². The highest BCUT2D eigenvalue weighted by Crippen LogP contribution is 2.30. The van der Waals surface area contributed by atoms with E-state index in [0.717, 1.165) is 35.5 Å². The predicted molar refractivity (Wildman–Crippen MR) is 119 cm³/mol. The largest absolute Gasteiger partial charge is 0.416 e. The summed E-state index contributed by atoms with van der Waals surface area (Å²) in [5.41, 5.74) is 2.16. The van der Waals surface area contributed by atoms with E-state index in [1.807, 2.05) is 18.2 Å². The van der Waals surface area contributed by atoms with Gasteiger partial charge in [-0.15, -0.1) is 32.9 Å². The molecule has 0 aliphatic heterocycles. The van der Waals surface area contributed by atoms with Crippen LogP contribution in [0.1, 0.15) is 34.3 Å². The summed E-state index contributed by atoms with van der Waals surface area (Å²) in [6.07, 6.45) is 5.85. The Balaban J connectivity index is 1.11. The van der Waals surface area contributed by atoms with E-state index >= 15 is 0 Å². The number of nitrogens with one attached hydrogen (secondary N) is 1. The van der Waals surface area contributed by atoms with Gasteiger partial charge in [0, 0.05) is 17.7 Å². The van der Waals surface area contributed by atoms with Crippen molar-refractivity contribution in [1.29, 1.82) is 0 Å². The van der Waals surface area contributed by atoms with Crippen LogP contribution in [0, 0.1) is 0 Å². The first-order valence-corrected chi connectivity index (χ1v) is 12.4. The van der Waals surface area contributed by atoms with Crippen molar-refractivity contribution in [2.45, 2.75) is 43.7 Å². The maximum atomic E-state index is 12.2. The molecule has 0 spiro atoms. The molecule has 7 nitrogen and oxygen atoms in total. The lowest BCUT2D eigenvalue weighted by Gasteiger charge is -2.06. The number of carbonyl (C=O) groups is 1. The van der Waals surface area contributed by atoms with E-state index in [-0.39, 0.29) is 11.7 Å². The third-order valence-electron chi connectivity index (χ3n) is 4.76. The molecule has 0 fully saturated rings. The van der Waals surface area contributed by atoms with Crippen molar-refractivity contribution in [2.24, 2.45) is 0 Å². The molecule has 30 heavy (non-hydrogen) atoms. The maximum Gasteiger partial charge on any atom is 0.277 e. The van der Waals surface area contributed by atoms with Gasteiger partial charge in [-0.25, -0.2) is 9.97 Å². The van der Waals surface area contributed by atoms with Crippen LogP contribution in [0.2, 0.25) is 0 Å². The zero-order chi connectivity index (χ0) is 20.3. The normalized spacial score (nSPS) is 13.5. The van der Waals surface area contributed by atoms with E-state index in [2.05, 4.69) is 31.5 Å². The molecule has 0 atom stereocenters. The minimum atomic E-state index is -0.111. The minimum Gasteiger partial charge on any atom is -0.416 e. The molecule has 154 valence electrons. The molecule has 1 aliphatic carbocycles. The molecule has 5 rings (SSSR count). The Kier molecular flexibility index (Phi) is 5.78. The van der Waals surface area contributed by atoms with Gasteiger partial charge in [0.1, 0.15) is 0 Å². The topological polar surface area (TPSA) is 93.8 Å². The van der Waals surface area contributed by atoms with E-state index in [1.54, 1.807) is 22.7 Å². The van der Waals surface area contributed by atoms with Crippen molar-refractivity contribution >= 4 is 55.7 Å². The van der Waals surface area contributed by atoms with Crippen LogP contribution in [0.3, 0.4) is 0 Å². The molecular weight excluding hydrogens is 438 g/mol. The fraction of sp³-hybridized carbons (Fsp3) is 0.350. The Morgan fingerprint density at radius 1 is 1.10 bits per heavy atom. The summed E-state index contributed by atoms with van der Waals surface area (Å²) >= 11 is 4.51. The van der Waals surface area contributed by atoms with Crippen molar-refractivity contribution in [3.8, 4) is 0 Å². The monoisotopic (exact) mass is 457 g/mol. The molecule has 0 saturated carbocycles. The molecule has 0 radical (unpaired) electrons. The number of para-hydroxylation sites is 1. The number of anilines is 1. The molecule has 0 bridgehead atoms. The van der Waals surface area contributed by atoms with Crippen LogP contribution in [-0.4, -0.2) is 31.8 Å². The molecular formula is C20H19N5O2S3. The number of thiazole rings is 2. The number of hydrogen-bond acceptors (Lipinski definition) is 9. The second-order valence-electron chi connectivity index (χ2n) is 6.97. The van der Waals surface area contributed by atoms with Gasteiger partial charge in [-0.3, -0.25) is 4.79 Å².